The SMILES string of the molecule is Cc1cc(C2(CC(=O)O)CC2)cc(N(C)C)c1C. The zero-order chi connectivity index (χ0) is 13.5. The summed E-state index contributed by atoms with van der Waals surface area (Å²) in [5.74, 6) is -0.697. The largest absolute Gasteiger partial charge is 0.481 e. The van der Waals surface area contributed by atoms with Gasteiger partial charge in [0.25, 0.3) is 0 Å². The summed E-state index contributed by atoms with van der Waals surface area (Å²) in [4.78, 5) is 13.1. The molecule has 3 nitrogen and oxygen atoms in total. The number of hydrogen-bond donors (Lipinski definition) is 1. The number of hydrogen-bond acceptors (Lipinski definition) is 2. The molecule has 0 bridgehead atoms. The number of carboxylic acid groups (broad SMARTS) is 1. The van der Waals surface area contributed by atoms with Gasteiger partial charge < -0.3 is 10.0 Å². The fraction of sp³-hybridized carbons (Fsp3) is 0.533. The smallest absolute Gasteiger partial charge is 0.304 e. The van der Waals surface area contributed by atoms with Gasteiger partial charge in [0, 0.05) is 25.2 Å². The molecule has 1 saturated carbocycles. The third-order valence-corrected chi connectivity index (χ3v) is 4.08. The maximum Gasteiger partial charge on any atom is 0.304 e. The molecule has 0 atom stereocenters. The van der Waals surface area contributed by atoms with E-state index >= 15 is 0 Å². The van der Waals surface area contributed by atoms with Gasteiger partial charge in [0.2, 0.25) is 0 Å². The molecule has 0 aromatic heterocycles. The van der Waals surface area contributed by atoms with E-state index in [1.807, 2.05) is 14.1 Å². The van der Waals surface area contributed by atoms with Crippen molar-refractivity contribution in [1.82, 2.24) is 0 Å². The van der Waals surface area contributed by atoms with Crippen molar-refractivity contribution in [3.63, 3.8) is 0 Å². The number of carbonyl (C=O) groups is 1. The third kappa shape index (κ3) is 2.22. The highest BCUT2D eigenvalue weighted by atomic mass is 16.4. The molecule has 18 heavy (non-hydrogen) atoms. The van der Waals surface area contributed by atoms with Crippen LogP contribution in [0.5, 0.6) is 0 Å². The second-order valence-electron chi connectivity index (χ2n) is 5.68. The molecule has 0 aliphatic heterocycles. The molecular formula is C15H21NO2. The summed E-state index contributed by atoms with van der Waals surface area (Å²) in [6.07, 6.45) is 2.24. The number of carboxylic acids is 1. The van der Waals surface area contributed by atoms with Gasteiger partial charge in [-0.2, -0.15) is 0 Å². The van der Waals surface area contributed by atoms with Crippen LogP contribution >= 0.6 is 0 Å². The topological polar surface area (TPSA) is 40.5 Å². The second kappa shape index (κ2) is 4.30. The Bertz CT molecular complexity index is 488. The van der Waals surface area contributed by atoms with E-state index in [9.17, 15) is 4.79 Å². The van der Waals surface area contributed by atoms with E-state index in [-0.39, 0.29) is 11.8 Å². The monoisotopic (exact) mass is 247 g/mol. The van der Waals surface area contributed by atoms with E-state index in [1.54, 1.807) is 0 Å². The van der Waals surface area contributed by atoms with Crippen LogP contribution in [0.25, 0.3) is 0 Å². The number of nitrogens with zero attached hydrogens (tertiary/aromatic N) is 1. The van der Waals surface area contributed by atoms with Gasteiger partial charge in [0.1, 0.15) is 0 Å². The molecule has 0 radical (unpaired) electrons. The van der Waals surface area contributed by atoms with Crippen molar-refractivity contribution in [2.24, 2.45) is 0 Å². The van der Waals surface area contributed by atoms with Gasteiger partial charge in [-0.15, -0.1) is 0 Å². The van der Waals surface area contributed by atoms with Gasteiger partial charge in [0.05, 0.1) is 6.42 Å². The fourth-order valence-corrected chi connectivity index (χ4v) is 2.62. The van der Waals surface area contributed by atoms with Crippen LogP contribution in [0, 0.1) is 13.8 Å². The lowest BCUT2D eigenvalue weighted by Crippen LogP contribution is -2.16. The lowest BCUT2D eigenvalue weighted by Gasteiger charge is -2.22. The summed E-state index contributed by atoms with van der Waals surface area (Å²) < 4.78 is 0. The van der Waals surface area contributed by atoms with Crippen molar-refractivity contribution in [2.45, 2.75) is 38.5 Å². The van der Waals surface area contributed by atoms with Crippen LogP contribution in [0.3, 0.4) is 0 Å². The van der Waals surface area contributed by atoms with Crippen LogP contribution in [0.1, 0.15) is 36.0 Å². The number of anilines is 1. The predicted octanol–water partition coefficient (Wildman–Crippen LogP) is 2.88. The lowest BCUT2D eigenvalue weighted by molar-refractivity contribution is -0.137. The molecule has 1 aromatic carbocycles. The standard InChI is InChI=1S/C15H21NO2/c1-10-7-12(8-13(11(10)2)16(3)4)15(5-6-15)9-14(17)18/h7-8H,5-6,9H2,1-4H3,(H,17,18). The molecule has 1 aliphatic rings. The predicted molar refractivity (Wildman–Crippen MR) is 73.4 cm³/mol. The number of aryl methyl sites for hydroxylation is 1. The van der Waals surface area contributed by atoms with Crippen molar-refractivity contribution in [1.29, 1.82) is 0 Å². The number of aliphatic carboxylic acids is 1. The van der Waals surface area contributed by atoms with E-state index in [0.717, 1.165) is 12.8 Å². The summed E-state index contributed by atoms with van der Waals surface area (Å²) in [5, 5.41) is 9.04. The Morgan fingerprint density at radius 2 is 1.94 bits per heavy atom. The maximum atomic E-state index is 11.0. The first-order valence-electron chi connectivity index (χ1n) is 6.36. The molecule has 0 saturated heterocycles. The average molecular weight is 247 g/mol. The van der Waals surface area contributed by atoms with Crippen LogP contribution in [0.15, 0.2) is 12.1 Å². The summed E-state index contributed by atoms with van der Waals surface area (Å²) in [6, 6.07) is 4.33. The maximum absolute atomic E-state index is 11.0. The van der Waals surface area contributed by atoms with Crippen molar-refractivity contribution in [2.75, 3.05) is 19.0 Å². The molecule has 98 valence electrons. The highest BCUT2D eigenvalue weighted by molar-refractivity contribution is 5.71. The minimum atomic E-state index is -0.697. The van der Waals surface area contributed by atoms with Crippen LogP contribution in [-0.2, 0) is 10.2 Å². The molecule has 0 heterocycles. The molecule has 1 fully saturated rings. The quantitative estimate of drug-likeness (QED) is 0.889. The van der Waals surface area contributed by atoms with Crippen LogP contribution in [0.2, 0.25) is 0 Å². The van der Waals surface area contributed by atoms with Crippen LogP contribution < -0.4 is 4.90 Å². The van der Waals surface area contributed by atoms with Gasteiger partial charge in [-0.3, -0.25) is 4.79 Å². The molecule has 1 N–H and O–H groups in total. The average Bonchev–Trinajstić information content (AvgIpc) is 3.01. The summed E-state index contributed by atoms with van der Waals surface area (Å²) in [6.45, 7) is 4.22. The molecule has 2 rings (SSSR count). The zero-order valence-electron chi connectivity index (χ0n) is 11.6. The fourth-order valence-electron chi connectivity index (χ4n) is 2.62. The van der Waals surface area contributed by atoms with Gasteiger partial charge in [-0.1, -0.05) is 6.07 Å². The van der Waals surface area contributed by atoms with E-state index in [4.69, 9.17) is 5.11 Å². The van der Waals surface area contributed by atoms with Crippen molar-refractivity contribution in [3.05, 3.63) is 28.8 Å². The van der Waals surface area contributed by atoms with Crippen molar-refractivity contribution < 1.29 is 9.90 Å². The normalized spacial score (nSPS) is 16.4. The molecule has 0 unspecified atom stereocenters. The van der Waals surface area contributed by atoms with Crippen molar-refractivity contribution >= 4 is 11.7 Å². The first-order valence-corrected chi connectivity index (χ1v) is 6.36. The summed E-state index contributed by atoms with van der Waals surface area (Å²) in [7, 11) is 4.06. The second-order valence-corrected chi connectivity index (χ2v) is 5.68. The lowest BCUT2D eigenvalue weighted by atomic mass is 9.89. The molecule has 0 amide bonds. The first-order chi connectivity index (χ1) is 8.35. The Kier molecular flexibility index (Phi) is 3.09. The first kappa shape index (κ1) is 12.9. The molecule has 0 spiro atoms. The molecule has 1 aromatic rings. The Morgan fingerprint density at radius 1 is 1.33 bits per heavy atom. The molecular weight excluding hydrogens is 226 g/mol. The van der Waals surface area contributed by atoms with E-state index in [1.165, 1.54) is 22.4 Å². The summed E-state index contributed by atoms with van der Waals surface area (Å²) >= 11 is 0. The summed E-state index contributed by atoms with van der Waals surface area (Å²) in [5.41, 5.74) is 4.80. The Labute approximate surface area is 108 Å². The Hall–Kier alpha value is -1.51. The highest BCUT2D eigenvalue weighted by Gasteiger charge is 2.46. The Morgan fingerprint density at radius 3 is 2.39 bits per heavy atom. The number of rotatable bonds is 4. The van der Waals surface area contributed by atoms with Crippen LogP contribution in [-0.4, -0.2) is 25.2 Å². The van der Waals surface area contributed by atoms with E-state index < -0.39 is 5.97 Å². The minimum Gasteiger partial charge on any atom is -0.481 e. The minimum absolute atomic E-state index is 0.102. The highest BCUT2D eigenvalue weighted by Crippen LogP contribution is 2.52. The van der Waals surface area contributed by atoms with Gasteiger partial charge in [-0.05, 0) is 49.4 Å². The van der Waals surface area contributed by atoms with Gasteiger partial charge in [0.15, 0.2) is 0 Å². The van der Waals surface area contributed by atoms with Crippen LogP contribution in [0.4, 0.5) is 5.69 Å². The molecule has 3 heteroatoms. The Balaban J connectivity index is 2.43. The molecule has 1 aliphatic carbocycles. The number of benzene rings is 1. The van der Waals surface area contributed by atoms with Gasteiger partial charge >= 0.3 is 5.97 Å². The van der Waals surface area contributed by atoms with E-state index in [0.29, 0.717) is 0 Å². The van der Waals surface area contributed by atoms with E-state index in [2.05, 4.69) is 30.9 Å². The van der Waals surface area contributed by atoms with Gasteiger partial charge in [-0.25, -0.2) is 0 Å². The van der Waals surface area contributed by atoms with Crippen molar-refractivity contribution in [3.8, 4) is 0 Å². The third-order valence-electron chi connectivity index (χ3n) is 4.08. The zero-order valence-corrected chi connectivity index (χ0v) is 11.6.